The highest BCUT2D eigenvalue weighted by molar-refractivity contribution is 6.31. The first-order chi connectivity index (χ1) is 9.65. The molecule has 2 rings (SSSR count). The minimum absolute atomic E-state index is 0.0615. The molecule has 0 aromatic heterocycles. The van der Waals surface area contributed by atoms with E-state index >= 15 is 0 Å². The summed E-state index contributed by atoms with van der Waals surface area (Å²) in [5.41, 5.74) is 8.10. The highest BCUT2D eigenvalue weighted by atomic mass is 35.5. The Hall–Kier alpha value is -2.00. The number of aliphatic imine (C=N–C) groups is 1. The van der Waals surface area contributed by atoms with E-state index in [4.69, 9.17) is 17.3 Å². The molecule has 0 heterocycles. The predicted octanol–water partition coefficient (Wildman–Crippen LogP) is 3.31. The Kier molecular flexibility index (Phi) is 4.64. The predicted molar refractivity (Wildman–Crippen MR) is 85.0 cm³/mol. The van der Waals surface area contributed by atoms with Crippen molar-refractivity contribution in [1.82, 2.24) is 4.90 Å². The van der Waals surface area contributed by atoms with E-state index in [2.05, 4.69) is 17.1 Å². The number of nitrogens with zero attached hydrogens (tertiary/aromatic N) is 2. The van der Waals surface area contributed by atoms with E-state index in [0.29, 0.717) is 5.96 Å². The van der Waals surface area contributed by atoms with Gasteiger partial charge in [-0.25, -0.2) is 0 Å². The van der Waals surface area contributed by atoms with Gasteiger partial charge in [0.2, 0.25) is 0 Å². The molecule has 2 N–H and O–H groups in total. The Morgan fingerprint density at radius 3 is 2.30 bits per heavy atom. The number of guanidine groups is 1. The second-order valence-electron chi connectivity index (χ2n) is 4.53. The van der Waals surface area contributed by atoms with Crippen molar-refractivity contribution in [3.05, 3.63) is 70.7 Å². The van der Waals surface area contributed by atoms with E-state index in [9.17, 15) is 0 Å². The number of hydrogen-bond donors (Lipinski definition) is 1. The highest BCUT2D eigenvalue weighted by Gasteiger charge is 2.22. The topological polar surface area (TPSA) is 41.6 Å². The summed E-state index contributed by atoms with van der Waals surface area (Å²) < 4.78 is 0. The van der Waals surface area contributed by atoms with Crippen LogP contribution in [0.25, 0.3) is 0 Å². The third-order valence-electron chi connectivity index (χ3n) is 3.29. The Morgan fingerprint density at radius 1 is 1.10 bits per heavy atom. The zero-order chi connectivity index (χ0) is 14.5. The van der Waals surface area contributed by atoms with Gasteiger partial charge in [0, 0.05) is 19.1 Å². The normalized spacial score (nSPS) is 13.1. The lowest BCUT2D eigenvalue weighted by Gasteiger charge is -2.30. The van der Waals surface area contributed by atoms with Crippen LogP contribution < -0.4 is 5.73 Å². The van der Waals surface area contributed by atoms with Gasteiger partial charge in [0.1, 0.15) is 0 Å². The average molecular weight is 288 g/mol. The maximum absolute atomic E-state index is 6.35. The molecule has 2 aromatic rings. The molecule has 0 saturated carbocycles. The Morgan fingerprint density at radius 2 is 1.70 bits per heavy atom. The van der Waals surface area contributed by atoms with Gasteiger partial charge in [-0.1, -0.05) is 60.1 Å². The number of halogens is 1. The second kappa shape index (κ2) is 6.44. The van der Waals surface area contributed by atoms with Gasteiger partial charge in [-0.3, -0.25) is 4.99 Å². The van der Waals surface area contributed by atoms with Crippen molar-refractivity contribution >= 4 is 17.6 Å². The van der Waals surface area contributed by atoms with Crippen molar-refractivity contribution in [2.45, 2.75) is 6.04 Å². The summed E-state index contributed by atoms with van der Waals surface area (Å²) in [7, 11) is 3.60. The van der Waals surface area contributed by atoms with E-state index in [0.717, 1.165) is 16.1 Å². The highest BCUT2D eigenvalue weighted by Crippen LogP contribution is 2.32. The molecule has 20 heavy (non-hydrogen) atoms. The molecule has 0 saturated heterocycles. The molecule has 1 atom stereocenters. The van der Waals surface area contributed by atoms with Crippen LogP contribution in [0.5, 0.6) is 0 Å². The molecule has 0 aliphatic rings. The molecule has 1 unspecified atom stereocenters. The zero-order valence-corrected chi connectivity index (χ0v) is 12.4. The van der Waals surface area contributed by atoms with Crippen LogP contribution in [-0.4, -0.2) is 25.0 Å². The van der Waals surface area contributed by atoms with Gasteiger partial charge in [-0.2, -0.15) is 0 Å². The van der Waals surface area contributed by atoms with Crippen LogP contribution in [0.2, 0.25) is 5.02 Å². The molecular weight excluding hydrogens is 270 g/mol. The van der Waals surface area contributed by atoms with Gasteiger partial charge in [0.05, 0.1) is 6.04 Å². The largest absolute Gasteiger partial charge is 0.370 e. The van der Waals surface area contributed by atoms with Gasteiger partial charge in [-0.05, 0) is 17.2 Å². The fourth-order valence-electron chi connectivity index (χ4n) is 2.23. The molecule has 2 aromatic carbocycles. The Balaban J connectivity index is 2.53. The van der Waals surface area contributed by atoms with E-state index in [1.807, 2.05) is 54.4 Å². The minimum Gasteiger partial charge on any atom is -0.370 e. The lowest BCUT2D eigenvalue weighted by molar-refractivity contribution is 0.422. The Bertz CT molecular complexity index is 596. The van der Waals surface area contributed by atoms with Gasteiger partial charge < -0.3 is 10.6 Å². The lowest BCUT2D eigenvalue weighted by Crippen LogP contribution is -2.37. The van der Waals surface area contributed by atoms with Crippen molar-refractivity contribution in [3.8, 4) is 0 Å². The van der Waals surface area contributed by atoms with E-state index in [-0.39, 0.29) is 6.04 Å². The fourth-order valence-corrected chi connectivity index (χ4v) is 2.47. The maximum atomic E-state index is 6.35. The van der Waals surface area contributed by atoms with E-state index in [1.165, 1.54) is 0 Å². The van der Waals surface area contributed by atoms with Crippen LogP contribution in [0.3, 0.4) is 0 Å². The molecule has 0 amide bonds. The SMILES string of the molecule is CN=C(N)N(C)C(c1ccccc1)c1ccccc1Cl. The smallest absolute Gasteiger partial charge is 0.191 e. The van der Waals surface area contributed by atoms with Gasteiger partial charge >= 0.3 is 0 Å². The van der Waals surface area contributed by atoms with Crippen molar-refractivity contribution in [1.29, 1.82) is 0 Å². The first-order valence-corrected chi connectivity index (χ1v) is 6.77. The van der Waals surface area contributed by atoms with Crippen LogP contribution in [0.1, 0.15) is 17.2 Å². The number of hydrogen-bond acceptors (Lipinski definition) is 1. The van der Waals surface area contributed by atoms with Gasteiger partial charge in [0.25, 0.3) is 0 Å². The zero-order valence-electron chi connectivity index (χ0n) is 11.6. The average Bonchev–Trinajstić information content (AvgIpc) is 2.49. The van der Waals surface area contributed by atoms with Crippen LogP contribution in [0.15, 0.2) is 59.6 Å². The molecule has 0 aliphatic carbocycles. The van der Waals surface area contributed by atoms with Crippen molar-refractivity contribution in [3.63, 3.8) is 0 Å². The summed E-state index contributed by atoms with van der Waals surface area (Å²) in [5.74, 6) is 0.471. The quantitative estimate of drug-likeness (QED) is 0.695. The molecule has 0 spiro atoms. The monoisotopic (exact) mass is 287 g/mol. The summed E-state index contributed by atoms with van der Waals surface area (Å²) in [5, 5.41) is 0.720. The third kappa shape index (κ3) is 2.94. The summed E-state index contributed by atoms with van der Waals surface area (Å²) in [6.45, 7) is 0. The molecule has 3 nitrogen and oxygen atoms in total. The first-order valence-electron chi connectivity index (χ1n) is 6.39. The number of benzene rings is 2. The summed E-state index contributed by atoms with van der Waals surface area (Å²) in [6.07, 6.45) is 0. The second-order valence-corrected chi connectivity index (χ2v) is 4.93. The Labute approximate surface area is 124 Å². The van der Waals surface area contributed by atoms with Crippen molar-refractivity contribution in [2.24, 2.45) is 10.7 Å². The summed E-state index contributed by atoms with van der Waals surface area (Å²) >= 11 is 6.35. The lowest BCUT2D eigenvalue weighted by atomic mass is 9.97. The van der Waals surface area contributed by atoms with Crippen LogP contribution in [0, 0.1) is 0 Å². The third-order valence-corrected chi connectivity index (χ3v) is 3.64. The van der Waals surface area contributed by atoms with Crippen molar-refractivity contribution < 1.29 is 0 Å². The molecule has 104 valence electrons. The van der Waals surface area contributed by atoms with Crippen LogP contribution in [0.4, 0.5) is 0 Å². The summed E-state index contributed by atoms with van der Waals surface area (Å²) in [4.78, 5) is 5.99. The summed E-state index contributed by atoms with van der Waals surface area (Å²) in [6, 6.07) is 17.9. The van der Waals surface area contributed by atoms with E-state index < -0.39 is 0 Å². The molecule has 0 radical (unpaired) electrons. The minimum atomic E-state index is -0.0615. The van der Waals surface area contributed by atoms with Crippen LogP contribution in [-0.2, 0) is 0 Å². The van der Waals surface area contributed by atoms with Crippen molar-refractivity contribution in [2.75, 3.05) is 14.1 Å². The fraction of sp³-hybridized carbons (Fsp3) is 0.188. The molecular formula is C16H18ClN3. The van der Waals surface area contributed by atoms with Crippen LogP contribution >= 0.6 is 11.6 Å². The number of nitrogens with two attached hydrogens (primary N) is 1. The van der Waals surface area contributed by atoms with Gasteiger partial charge in [0.15, 0.2) is 5.96 Å². The van der Waals surface area contributed by atoms with E-state index in [1.54, 1.807) is 7.05 Å². The molecule has 4 heteroatoms. The van der Waals surface area contributed by atoms with Gasteiger partial charge in [-0.15, -0.1) is 0 Å². The molecule has 0 aliphatic heterocycles. The molecule has 0 bridgehead atoms. The maximum Gasteiger partial charge on any atom is 0.191 e. The number of rotatable bonds is 3. The first kappa shape index (κ1) is 14.4. The standard InChI is InChI=1S/C16H18ClN3/c1-19-16(18)20(2)15(12-8-4-3-5-9-12)13-10-6-7-11-14(13)17/h3-11,15H,1-2H3,(H2,18,19). The molecule has 0 fully saturated rings.